The molecule has 0 saturated carbocycles. The average molecular weight is 225 g/mol. The molecule has 1 saturated heterocycles. The number of rotatable bonds is 5. The van der Waals surface area contributed by atoms with Gasteiger partial charge in [-0.05, 0) is 51.5 Å². The zero-order valence-electron chi connectivity index (χ0n) is 10.8. The molecule has 88 valence electrons. The van der Waals surface area contributed by atoms with Crippen molar-refractivity contribution in [3.05, 3.63) is 12.2 Å². The van der Waals surface area contributed by atoms with E-state index in [9.17, 15) is 0 Å². The summed E-state index contributed by atoms with van der Waals surface area (Å²) < 4.78 is 0. The van der Waals surface area contributed by atoms with Gasteiger partial charge in [0.1, 0.15) is 0 Å². The molecule has 0 aromatic rings. The van der Waals surface area contributed by atoms with Crippen molar-refractivity contribution < 1.29 is 0 Å². The van der Waals surface area contributed by atoms with Gasteiger partial charge in [0.2, 0.25) is 0 Å². The van der Waals surface area contributed by atoms with Crippen LogP contribution in [0.25, 0.3) is 0 Å². The summed E-state index contributed by atoms with van der Waals surface area (Å²) in [7, 11) is -0.992. The Bertz CT molecular complexity index is 205. The van der Waals surface area contributed by atoms with Crippen LogP contribution in [0, 0.1) is 0 Å². The van der Waals surface area contributed by atoms with Crippen molar-refractivity contribution in [1.82, 2.24) is 4.90 Å². The summed E-state index contributed by atoms with van der Waals surface area (Å²) in [4.78, 5) is 2.66. The van der Waals surface area contributed by atoms with Crippen LogP contribution >= 0.6 is 0 Å². The Kier molecular flexibility index (Phi) is 5.07. The average Bonchev–Trinajstić information content (AvgIpc) is 2.15. The number of piperidine rings is 1. The molecule has 0 radical (unpaired) electrons. The van der Waals surface area contributed by atoms with E-state index < -0.39 is 8.07 Å². The molecule has 0 unspecified atom stereocenters. The van der Waals surface area contributed by atoms with Crippen LogP contribution in [-0.2, 0) is 0 Å². The Morgan fingerprint density at radius 1 is 1.20 bits per heavy atom. The van der Waals surface area contributed by atoms with E-state index in [0.29, 0.717) is 0 Å². The lowest BCUT2D eigenvalue weighted by Crippen LogP contribution is -2.36. The summed E-state index contributed by atoms with van der Waals surface area (Å²) >= 11 is 0. The molecular weight excluding hydrogens is 198 g/mol. The van der Waals surface area contributed by atoms with Crippen LogP contribution < -0.4 is 0 Å². The lowest BCUT2D eigenvalue weighted by Gasteiger charge is -2.30. The number of hydrogen-bond donors (Lipinski definition) is 0. The van der Waals surface area contributed by atoms with Crippen molar-refractivity contribution in [1.29, 1.82) is 0 Å². The molecule has 2 heteroatoms. The Balaban J connectivity index is 2.24. The van der Waals surface area contributed by atoms with Crippen molar-refractivity contribution in [3.8, 4) is 0 Å². The first-order chi connectivity index (χ1) is 6.99. The van der Waals surface area contributed by atoms with Gasteiger partial charge in [-0.2, -0.15) is 0 Å². The van der Waals surface area contributed by atoms with E-state index in [1.54, 1.807) is 0 Å². The molecule has 1 rings (SSSR count). The van der Waals surface area contributed by atoms with E-state index in [4.69, 9.17) is 0 Å². The first kappa shape index (κ1) is 13.0. The van der Waals surface area contributed by atoms with E-state index >= 15 is 0 Å². The van der Waals surface area contributed by atoms with Crippen LogP contribution in [0.5, 0.6) is 0 Å². The molecule has 0 bridgehead atoms. The molecule has 1 aliphatic heterocycles. The predicted molar refractivity (Wildman–Crippen MR) is 72.2 cm³/mol. The second-order valence-corrected chi connectivity index (χ2v) is 11.1. The highest BCUT2D eigenvalue weighted by Gasteiger charge is 2.22. The standard InChI is InChI=1S/C13H27NSi/c1-13(2)12-15(3,4)11-10-14-8-6-5-7-9-14/h1,5-12H2,2-4H3. The van der Waals surface area contributed by atoms with Gasteiger partial charge in [-0.3, -0.25) is 0 Å². The maximum Gasteiger partial charge on any atom is 0.0526 e. The number of likely N-dealkylation sites (tertiary alicyclic amines) is 1. The van der Waals surface area contributed by atoms with E-state index in [-0.39, 0.29) is 0 Å². The fraction of sp³-hybridized carbons (Fsp3) is 0.846. The summed E-state index contributed by atoms with van der Waals surface area (Å²) in [5.41, 5.74) is 1.38. The fourth-order valence-corrected chi connectivity index (χ4v) is 5.28. The summed E-state index contributed by atoms with van der Waals surface area (Å²) in [6, 6.07) is 2.75. The van der Waals surface area contributed by atoms with Crippen molar-refractivity contribution in [2.24, 2.45) is 0 Å². The molecular formula is C13H27NSi. The molecule has 0 aromatic heterocycles. The zero-order chi connectivity index (χ0) is 11.3. The highest BCUT2D eigenvalue weighted by Crippen LogP contribution is 2.21. The number of nitrogens with zero attached hydrogens (tertiary/aromatic N) is 1. The maximum atomic E-state index is 4.06. The second kappa shape index (κ2) is 5.85. The molecule has 0 spiro atoms. The highest BCUT2D eigenvalue weighted by molar-refractivity contribution is 6.78. The highest BCUT2D eigenvalue weighted by atomic mass is 28.3. The lowest BCUT2D eigenvalue weighted by atomic mass is 10.1. The van der Waals surface area contributed by atoms with Crippen LogP contribution in [0.1, 0.15) is 26.2 Å². The SMILES string of the molecule is C=C(C)C[Si](C)(C)CCN1CCCCC1. The molecule has 0 aromatic carbocycles. The van der Waals surface area contributed by atoms with Gasteiger partial charge in [0, 0.05) is 0 Å². The smallest absolute Gasteiger partial charge is 0.0526 e. The van der Waals surface area contributed by atoms with Crippen molar-refractivity contribution >= 4 is 8.07 Å². The van der Waals surface area contributed by atoms with Crippen LogP contribution in [0.15, 0.2) is 12.2 Å². The third-order valence-electron chi connectivity index (χ3n) is 3.33. The lowest BCUT2D eigenvalue weighted by molar-refractivity contribution is 0.239. The molecule has 1 heterocycles. The number of hydrogen-bond acceptors (Lipinski definition) is 1. The van der Waals surface area contributed by atoms with E-state index in [1.165, 1.54) is 56.6 Å². The Hall–Kier alpha value is -0.0831. The van der Waals surface area contributed by atoms with Gasteiger partial charge >= 0.3 is 0 Å². The first-order valence-electron chi connectivity index (χ1n) is 6.36. The van der Waals surface area contributed by atoms with Gasteiger partial charge in [0.25, 0.3) is 0 Å². The van der Waals surface area contributed by atoms with Crippen molar-refractivity contribution in [2.45, 2.75) is 51.4 Å². The van der Waals surface area contributed by atoms with E-state index in [1.807, 2.05) is 0 Å². The summed E-state index contributed by atoms with van der Waals surface area (Å²) in [6.07, 6.45) is 4.29. The Labute approximate surface area is 96.6 Å². The van der Waals surface area contributed by atoms with Gasteiger partial charge in [-0.15, -0.1) is 6.58 Å². The topological polar surface area (TPSA) is 3.24 Å². The van der Waals surface area contributed by atoms with Gasteiger partial charge < -0.3 is 4.90 Å². The quantitative estimate of drug-likeness (QED) is 0.509. The number of allylic oxidation sites excluding steroid dienone is 1. The van der Waals surface area contributed by atoms with Crippen molar-refractivity contribution in [3.63, 3.8) is 0 Å². The molecule has 0 atom stereocenters. The van der Waals surface area contributed by atoms with Gasteiger partial charge in [-0.1, -0.05) is 25.1 Å². The molecule has 1 nitrogen and oxygen atoms in total. The zero-order valence-corrected chi connectivity index (χ0v) is 11.8. The van der Waals surface area contributed by atoms with Crippen LogP contribution in [0.3, 0.4) is 0 Å². The van der Waals surface area contributed by atoms with Gasteiger partial charge in [0.15, 0.2) is 0 Å². The second-order valence-electron chi connectivity index (χ2n) is 5.95. The van der Waals surface area contributed by atoms with Crippen LogP contribution in [-0.4, -0.2) is 32.6 Å². The molecule has 1 fully saturated rings. The van der Waals surface area contributed by atoms with Gasteiger partial charge in [0.05, 0.1) is 8.07 Å². The van der Waals surface area contributed by atoms with Crippen molar-refractivity contribution in [2.75, 3.05) is 19.6 Å². The minimum Gasteiger partial charge on any atom is -0.304 e. The van der Waals surface area contributed by atoms with E-state index in [0.717, 1.165) is 0 Å². The van der Waals surface area contributed by atoms with Crippen LogP contribution in [0.2, 0.25) is 25.2 Å². The summed E-state index contributed by atoms with van der Waals surface area (Å²) in [5.74, 6) is 0. The summed E-state index contributed by atoms with van der Waals surface area (Å²) in [6.45, 7) is 15.3. The largest absolute Gasteiger partial charge is 0.304 e. The molecule has 0 aliphatic carbocycles. The normalized spacial score (nSPS) is 19.1. The van der Waals surface area contributed by atoms with E-state index in [2.05, 4.69) is 31.5 Å². The first-order valence-corrected chi connectivity index (χ1v) is 9.78. The van der Waals surface area contributed by atoms with Crippen LogP contribution in [0.4, 0.5) is 0 Å². The van der Waals surface area contributed by atoms with Gasteiger partial charge in [-0.25, -0.2) is 0 Å². The summed E-state index contributed by atoms with van der Waals surface area (Å²) in [5, 5.41) is 0. The monoisotopic (exact) mass is 225 g/mol. The molecule has 15 heavy (non-hydrogen) atoms. The molecule has 0 amide bonds. The minimum absolute atomic E-state index is 0.992. The Morgan fingerprint density at radius 3 is 2.33 bits per heavy atom. The molecule has 1 aliphatic rings. The third-order valence-corrected chi connectivity index (χ3v) is 6.47. The maximum absolute atomic E-state index is 4.06. The molecule has 0 N–H and O–H groups in total. The minimum atomic E-state index is -0.992. The third kappa shape index (κ3) is 5.52. The fourth-order valence-electron chi connectivity index (χ4n) is 2.55. The predicted octanol–water partition coefficient (Wildman–Crippen LogP) is 3.76. The Morgan fingerprint density at radius 2 is 1.80 bits per heavy atom.